The minimum absolute atomic E-state index is 1.07. The van der Waals surface area contributed by atoms with E-state index in [0.29, 0.717) is 0 Å². The molecule has 0 amide bonds. The Kier molecular flexibility index (Phi) is 7.88. The van der Waals surface area contributed by atoms with Gasteiger partial charge in [-0.2, -0.15) is 0 Å². The molecule has 1 saturated heterocycles. The molecule has 134 valence electrons. The molecule has 0 unspecified atom stereocenters. The standard InChI is InChI=1S/C22H30N2S/c1-3-10-21(11-4-1)20-24(18-17-23-14-7-8-15-23)16-9-19-25-22-12-5-2-6-13-22/h1-6,10-13H,7-9,14-20H2. The molecule has 0 radical (unpaired) electrons. The molecule has 3 heteroatoms. The molecule has 0 saturated carbocycles. The van der Waals surface area contributed by atoms with Gasteiger partial charge < -0.3 is 4.90 Å². The fraction of sp³-hybridized carbons (Fsp3) is 0.455. The number of benzene rings is 2. The molecule has 25 heavy (non-hydrogen) atoms. The summed E-state index contributed by atoms with van der Waals surface area (Å²) in [5.41, 5.74) is 1.43. The first kappa shape index (κ1) is 18.5. The average Bonchev–Trinajstić information content (AvgIpc) is 3.18. The quantitative estimate of drug-likeness (QED) is 0.448. The van der Waals surface area contributed by atoms with E-state index < -0.39 is 0 Å². The van der Waals surface area contributed by atoms with Gasteiger partial charge in [-0.3, -0.25) is 4.90 Å². The lowest BCUT2D eigenvalue weighted by molar-refractivity contribution is 0.219. The van der Waals surface area contributed by atoms with Crippen LogP contribution in [-0.4, -0.2) is 48.3 Å². The van der Waals surface area contributed by atoms with Crippen molar-refractivity contribution in [3.8, 4) is 0 Å². The lowest BCUT2D eigenvalue weighted by Crippen LogP contribution is -2.34. The van der Waals surface area contributed by atoms with Crippen LogP contribution >= 0.6 is 11.8 Å². The van der Waals surface area contributed by atoms with Crippen LogP contribution in [0.4, 0.5) is 0 Å². The van der Waals surface area contributed by atoms with Gasteiger partial charge in [-0.1, -0.05) is 48.5 Å². The molecule has 1 heterocycles. The van der Waals surface area contributed by atoms with Crippen LogP contribution in [-0.2, 0) is 6.54 Å². The van der Waals surface area contributed by atoms with Crippen LogP contribution in [0.2, 0.25) is 0 Å². The Labute approximate surface area is 157 Å². The molecule has 1 aliphatic heterocycles. The van der Waals surface area contributed by atoms with Crippen molar-refractivity contribution in [1.82, 2.24) is 9.80 Å². The van der Waals surface area contributed by atoms with Crippen molar-refractivity contribution < 1.29 is 0 Å². The zero-order valence-electron chi connectivity index (χ0n) is 15.1. The summed E-state index contributed by atoms with van der Waals surface area (Å²) >= 11 is 1.98. The fourth-order valence-corrected chi connectivity index (χ4v) is 4.25. The molecule has 2 nitrogen and oxygen atoms in total. The SMILES string of the molecule is c1ccc(CN(CCCSc2ccccc2)CCN2CCCC2)cc1. The summed E-state index contributed by atoms with van der Waals surface area (Å²) in [6.07, 6.45) is 4.01. The van der Waals surface area contributed by atoms with E-state index >= 15 is 0 Å². The van der Waals surface area contributed by atoms with Crippen LogP contribution in [0.5, 0.6) is 0 Å². The number of rotatable bonds is 10. The first-order valence-corrected chi connectivity index (χ1v) is 10.6. The maximum absolute atomic E-state index is 2.64. The highest BCUT2D eigenvalue weighted by atomic mass is 32.2. The van der Waals surface area contributed by atoms with E-state index in [-0.39, 0.29) is 0 Å². The summed E-state index contributed by atoms with van der Waals surface area (Å²) in [6, 6.07) is 21.7. The normalized spacial score (nSPS) is 15.1. The molecule has 3 rings (SSSR count). The van der Waals surface area contributed by atoms with Crippen LogP contribution in [0.3, 0.4) is 0 Å². The van der Waals surface area contributed by atoms with Crippen molar-refractivity contribution in [2.45, 2.75) is 30.7 Å². The fourth-order valence-electron chi connectivity index (χ4n) is 3.40. The maximum Gasteiger partial charge on any atom is 0.0234 e. The van der Waals surface area contributed by atoms with E-state index in [1.54, 1.807) is 0 Å². The van der Waals surface area contributed by atoms with Crippen molar-refractivity contribution >= 4 is 11.8 Å². The molecule has 0 bridgehead atoms. The summed E-state index contributed by atoms with van der Waals surface area (Å²) < 4.78 is 0. The number of hydrogen-bond acceptors (Lipinski definition) is 3. The molecule has 1 fully saturated rings. The zero-order chi connectivity index (χ0) is 17.2. The van der Waals surface area contributed by atoms with Crippen LogP contribution in [0.1, 0.15) is 24.8 Å². The largest absolute Gasteiger partial charge is 0.302 e. The van der Waals surface area contributed by atoms with Crippen LogP contribution < -0.4 is 0 Å². The first-order chi connectivity index (χ1) is 12.4. The van der Waals surface area contributed by atoms with E-state index in [1.165, 1.54) is 68.2 Å². The second-order valence-corrected chi connectivity index (χ2v) is 7.99. The topological polar surface area (TPSA) is 6.48 Å². The molecule has 0 atom stereocenters. The van der Waals surface area contributed by atoms with Gasteiger partial charge in [0.05, 0.1) is 0 Å². The highest BCUT2D eigenvalue weighted by molar-refractivity contribution is 7.99. The van der Waals surface area contributed by atoms with Crippen LogP contribution in [0, 0.1) is 0 Å². The molecule has 1 aliphatic rings. The smallest absolute Gasteiger partial charge is 0.0234 e. The third-order valence-electron chi connectivity index (χ3n) is 4.81. The van der Waals surface area contributed by atoms with E-state index in [9.17, 15) is 0 Å². The Hall–Kier alpha value is -1.29. The van der Waals surface area contributed by atoms with Crippen LogP contribution in [0.25, 0.3) is 0 Å². The lowest BCUT2D eigenvalue weighted by atomic mass is 10.2. The number of nitrogens with zero attached hydrogens (tertiary/aromatic N) is 2. The molecule has 2 aromatic rings. The summed E-state index contributed by atoms with van der Waals surface area (Å²) in [5, 5.41) is 0. The average molecular weight is 355 g/mol. The molecular formula is C22H30N2S. The summed E-state index contributed by atoms with van der Waals surface area (Å²) in [6.45, 7) is 7.25. The summed E-state index contributed by atoms with van der Waals surface area (Å²) in [5.74, 6) is 1.19. The molecule has 2 aromatic carbocycles. The van der Waals surface area contributed by atoms with Gasteiger partial charge in [-0.25, -0.2) is 0 Å². The Morgan fingerprint density at radius 3 is 2.24 bits per heavy atom. The monoisotopic (exact) mass is 354 g/mol. The predicted octanol–water partition coefficient (Wildman–Crippen LogP) is 4.77. The predicted molar refractivity (Wildman–Crippen MR) is 109 cm³/mol. The summed E-state index contributed by atoms with van der Waals surface area (Å²) in [4.78, 5) is 6.64. The van der Waals surface area contributed by atoms with Gasteiger partial charge in [0.25, 0.3) is 0 Å². The Bertz CT molecular complexity index is 581. The van der Waals surface area contributed by atoms with E-state index in [1.807, 2.05) is 11.8 Å². The van der Waals surface area contributed by atoms with E-state index in [4.69, 9.17) is 0 Å². The third-order valence-corrected chi connectivity index (χ3v) is 5.91. The third kappa shape index (κ3) is 6.85. The van der Waals surface area contributed by atoms with Crippen LogP contribution in [0.15, 0.2) is 65.6 Å². The molecule has 0 aliphatic carbocycles. The van der Waals surface area contributed by atoms with Crippen molar-refractivity contribution in [3.63, 3.8) is 0 Å². The van der Waals surface area contributed by atoms with Gasteiger partial charge in [-0.05, 0) is 62.3 Å². The number of likely N-dealkylation sites (tertiary alicyclic amines) is 1. The maximum atomic E-state index is 2.64. The van der Waals surface area contributed by atoms with Crippen molar-refractivity contribution in [3.05, 3.63) is 66.2 Å². The van der Waals surface area contributed by atoms with Crippen molar-refractivity contribution in [2.24, 2.45) is 0 Å². The van der Waals surface area contributed by atoms with Crippen molar-refractivity contribution in [2.75, 3.05) is 38.5 Å². The minimum atomic E-state index is 1.07. The molecule has 0 spiro atoms. The zero-order valence-corrected chi connectivity index (χ0v) is 16.0. The second-order valence-electron chi connectivity index (χ2n) is 6.83. The Morgan fingerprint density at radius 2 is 1.52 bits per heavy atom. The van der Waals surface area contributed by atoms with E-state index in [2.05, 4.69) is 70.5 Å². The molecule has 0 aromatic heterocycles. The van der Waals surface area contributed by atoms with Gasteiger partial charge in [0.15, 0.2) is 0 Å². The molecule has 0 N–H and O–H groups in total. The second kappa shape index (κ2) is 10.6. The van der Waals surface area contributed by atoms with Gasteiger partial charge in [0.2, 0.25) is 0 Å². The lowest BCUT2D eigenvalue weighted by Gasteiger charge is -2.25. The Morgan fingerprint density at radius 1 is 0.840 bits per heavy atom. The highest BCUT2D eigenvalue weighted by Crippen LogP contribution is 2.18. The van der Waals surface area contributed by atoms with Gasteiger partial charge in [-0.15, -0.1) is 11.8 Å². The number of thioether (sulfide) groups is 1. The van der Waals surface area contributed by atoms with Crippen molar-refractivity contribution in [1.29, 1.82) is 0 Å². The van der Waals surface area contributed by atoms with Gasteiger partial charge >= 0.3 is 0 Å². The first-order valence-electron chi connectivity index (χ1n) is 9.57. The Balaban J connectivity index is 1.44. The minimum Gasteiger partial charge on any atom is -0.302 e. The summed E-state index contributed by atoms with van der Waals surface area (Å²) in [7, 11) is 0. The molecular weight excluding hydrogens is 324 g/mol. The van der Waals surface area contributed by atoms with Gasteiger partial charge in [0.1, 0.15) is 0 Å². The van der Waals surface area contributed by atoms with E-state index in [0.717, 1.165) is 6.54 Å². The van der Waals surface area contributed by atoms with Gasteiger partial charge in [0, 0.05) is 24.5 Å². The highest BCUT2D eigenvalue weighted by Gasteiger charge is 2.13. The number of hydrogen-bond donors (Lipinski definition) is 0.